The van der Waals surface area contributed by atoms with Gasteiger partial charge in [0, 0.05) is 50.7 Å². The normalized spacial score (nSPS) is 18.2. The van der Waals surface area contributed by atoms with Gasteiger partial charge in [0.2, 0.25) is 10.0 Å². The Morgan fingerprint density at radius 3 is 2.71 bits per heavy atom. The van der Waals surface area contributed by atoms with Crippen molar-refractivity contribution in [3.63, 3.8) is 0 Å². The lowest BCUT2D eigenvalue weighted by Crippen LogP contribution is -2.37. The van der Waals surface area contributed by atoms with Gasteiger partial charge in [-0.2, -0.15) is 4.31 Å². The quantitative estimate of drug-likeness (QED) is 0.504. The molecular weight excluding hydrogens is 462 g/mol. The van der Waals surface area contributed by atoms with Crippen LogP contribution in [0.4, 0.5) is 0 Å². The van der Waals surface area contributed by atoms with E-state index in [1.165, 1.54) is 15.9 Å². The van der Waals surface area contributed by atoms with E-state index in [-0.39, 0.29) is 16.9 Å². The lowest BCUT2D eigenvalue weighted by atomic mass is 10.0. The van der Waals surface area contributed by atoms with Crippen molar-refractivity contribution in [3.05, 3.63) is 95.3 Å². The molecule has 35 heavy (non-hydrogen) atoms. The average molecular weight is 492 g/mol. The Labute approximate surface area is 206 Å². The minimum Gasteiger partial charge on any atom is -0.376 e. The molecule has 3 heterocycles. The number of hydrogen-bond acceptors (Lipinski definition) is 5. The third-order valence-electron chi connectivity index (χ3n) is 6.65. The average Bonchev–Trinajstić information content (AvgIpc) is 3.41. The highest BCUT2D eigenvalue weighted by Gasteiger charge is 2.30. The smallest absolute Gasteiger partial charge is 0.254 e. The lowest BCUT2D eigenvalue weighted by molar-refractivity contribution is 0.0507. The summed E-state index contributed by atoms with van der Waals surface area (Å²) in [6.45, 7) is 2.29. The number of aromatic nitrogens is 1. The van der Waals surface area contributed by atoms with Crippen LogP contribution in [0.2, 0.25) is 0 Å². The molecule has 0 N–H and O–H groups in total. The molecule has 8 heteroatoms. The van der Waals surface area contributed by atoms with Gasteiger partial charge in [0.25, 0.3) is 5.91 Å². The monoisotopic (exact) mass is 491 g/mol. The molecule has 1 amide bonds. The molecule has 0 saturated carbocycles. The largest absolute Gasteiger partial charge is 0.376 e. The fourth-order valence-corrected chi connectivity index (χ4v) is 6.23. The second-order valence-corrected chi connectivity index (χ2v) is 11.0. The Bertz CT molecular complexity index is 1290. The molecule has 7 nitrogen and oxygen atoms in total. The molecule has 3 aromatic rings. The van der Waals surface area contributed by atoms with Crippen LogP contribution in [-0.2, 0) is 34.3 Å². The molecule has 5 rings (SSSR count). The van der Waals surface area contributed by atoms with Crippen LogP contribution >= 0.6 is 0 Å². The SMILES string of the molecule is O=C(c1cccc(S(=O)(=O)N2CCc3ccccc3C2)c1)N(Cc1cccnc1)CC1CCCO1. The Kier molecular flexibility index (Phi) is 6.95. The highest BCUT2D eigenvalue weighted by molar-refractivity contribution is 7.89. The van der Waals surface area contributed by atoms with Crippen molar-refractivity contribution in [3.8, 4) is 0 Å². The zero-order valence-corrected chi connectivity index (χ0v) is 20.4. The van der Waals surface area contributed by atoms with E-state index in [4.69, 9.17) is 4.74 Å². The van der Waals surface area contributed by atoms with Crippen molar-refractivity contribution in [1.29, 1.82) is 0 Å². The number of fused-ring (bicyclic) bond motifs is 1. The standard InChI is InChI=1S/C27H29N3O4S/c31-27(29(20-25-10-5-15-34-25)18-21-6-4-13-28-17-21)23-9-3-11-26(16-23)35(32,33)30-14-12-22-7-1-2-8-24(22)19-30/h1-4,6-9,11,13,16-17,25H,5,10,12,14-15,18-20H2. The summed E-state index contributed by atoms with van der Waals surface area (Å²) in [5.41, 5.74) is 3.47. The summed E-state index contributed by atoms with van der Waals surface area (Å²) in [4.78, 5) is 19.6. The maximum Gasteiger partial charge on any atom is 0.254 e. The second kappa shape index (κ2) is 10.3. The van der Waals surface area contributed by atoms with Crippen molar-refractivity contribution >= 4 is 15.9 Å². The van der Waals surface area contributed by atoms with Crippen molar-refractivity contribution < 1.29 is 17.9 Å². The van der Waals surface area contributed by atoms with E-state index >= 15 is 0 Å². The summed E-state index contributed by atoms with van der Waals surface area (Å²) in [6.07, 6.45) is 5.98. The third-order valence-corrected chi connectivity index (χ3v) is 8.49. The topological polar surface area (TPSA) is 79.8 Å². The number of amides is 1. The molecule has 1 unspecified atom stereocenters. The molecular formula is C27H29N3O4S. The summed E-state index contributed by atoms with van der Waals surface area (Å²) in [6, 6.07) is 18.1. The van der Waals surface area contributed by atoms with Crippen LogP contribution in [0.25, 0.3) is 0 Å². The molecule has 0 bridgehead atoms. The van der Waals surface area contributed by atoms with Gasteiger partial charge in [0.05, 0.1) is 11.0 Å². The molecule has 1 aromatic heterocycles. The van der Waals surface area contributed by atoms with Gasteiger partial charge in [-0.05, 0) is 60.2 Å². The van der Waals surface area contributed by atoms with E-state index in [2.05, 4.69) is 4.98 Å². The molecule has 1 fully saturated rings. The van der Waals surface area contributed by atoms with Gasteiger partial charge in [-0.1, -0.05) is 36.4 Å². The first-order valence-electron chi connectivity index (χ1n) is 12.0. The van der Waals surface area contributed by atoms with Crippen molar-refractivity contribution in [2.24, 2.45) is 0 Å². The van der Waals surface area contributed by atoms with E-state index in [9.17, 15) is 13.2 Å². The second-order valence-electron chi connectivity index (χ2n) is 9.07. The predicted octanol–water partition coefficient (Wildman–Crippen LogP) is 3.65. The first kappa shape index (κ1) is 23.7. The number of carbonyl (C=O) groups excluding carboxylic acids is 1. The fourth-order valence-electron chi connectivity index (χ4n) is 4.76. The summed E-state index contributed by atoms with van der Waals surface area (Å²) >= 11 is 0. The Balaban J connectivity index is 1.39. The number of ether oxygens (including phenoxy) is 1. The van der Waals surface area contributed by atoms with E-state index < -0.39 is 10.0 Å². The van der Waals surface area contributed by atoms with Crippen LogP contribution in [0.15, 0.2) is 78.0 Å². The summed E-state index contributed by atoms with van der Waals surface area (Å²) < 4.78 is 34.2. The third kappa shape index (κ3) is 5.29. The molecule has 1 saturated heterocycles. The van der Waals surface area contributed by atoms with Gasteiger partial charge in [-0.15, -0.1) is 0 Å². The first-order valence-corrected chi connectivity index (χ1v) is 13.4. The summed E-state index contributed by atoms with van der Waals surface area (Å²) in [5.74, 6) is -0.217. The van der Waals surface area contributed by atoms with Gasteiger partial charge in [0.15, 0.2) is 0 Å². The Morgan fingerprint density at radius 1 is 1.09 bits per heavy atom. The molecule has 182 valence electrons. The van der Waals surface area contributed by atoms with Crippen LogP contribution < -0.4 is 0 Å². The molecule has 2 aliphatic rings. The van der Waals surface area contributed by atoms with Crippen LogP contribution in [-0.4, -0.2) is 54.3 Å². The zero-order chi connectivity index (χ0) is 24.3. The molecule has 1 atom stereocenters. The highest BCUT2D eigenvalue weighted by Crippen LogP contribution is 2.26. The van der Waals surface area contributed by atoms with Crippen LogP contribution in [0, 0.1) is 0 Å². The predicted molar refractivity (Wildman–Crippen MR) is 132 cm³/mol. The Hall–Kier alpha value is -3.07. The molecule has 2 aromatic carbocycles. The van der Waals surface area contributed by atoms with Gasteiger partial charge in [-0.25, -0.2) is 8.42 Å². The van der Waals surface area contributed by atoms with Gasteiger partial charge in [0.1, 0.15) is 0 Å². The lowest BCUT2D eigenvalue weighted by Gasteiger charge is -2.28. The number of hydrogen-bond donors (Lipinski definition) is 0. The summed E-state index contributed by atoms with van der Waals surface area (Å²) in [5, 5.41) is 0. The molecule has 2 aliphatic heterocycles. The van der Waals surface area contributed by atoms with Gasteiger partial charge < -0.3 is 9.64 Å². The molecule has 0 aliphatic carbocycles. The van der Waals surface area contributed by atoms with E-state index in [1.807, 2.05) is 36.4 Å². The molecule has 0 radical (unpaired) electrons. The summed E-state index contributed by atoms with van der Waals surface area (Å²) in [7, 11) is -3.74. The van der Waals surface area contributed by atoms with Gasteiger partial charge in [-0.3, -0.25) is 9.78 Å². The number of pyridine rings is 1. The Morgan fingerprint density at radius 2 is 1.94 bits per heavy atom. The molecule has 0 spiro atoms. The minimum atomic E-state index is -3.74. The van der Waals surface area contributed by atoms with E-state index in [1.54, 1.807) is 35.5 Å². The van der Waals surface area contributed by atoms with Crippen LogP contribution in [0.5, 0.6) is 0 Å². The number of benzene rings is 2. The maximum absolute atomic E-state index is 13.6. The first-order chi connectivity index (χ1) is 17.0. The van der Waals surface area contributed by atoms with E-state index in [0.717, 1.165) is 24.0 Å². The highest BCUT2D eigenvalue weighted by atomic mass is 32.2. The van der Waals surface area contributed by atoms with Crippen molar-refractivity contribution in [2.75, 3.05) is 19.7 Å². The zero-order valence-electron chi connectivity index (χ0n) is 19.5. The number of rotatable bonds is 7. The maximum atomic E-state index is 13.6. The van der Waals surface area contributed by atoms with Crippen molar-refractivity contribution in [2.45, 2.75) is 43.4 Å². The van der Waals surface area contributed by atoms with Crippen LogP contribution in [0.1, 0.15) is 39.9 Å². The van der Waals surface area contributed by atoms with E-state index in [0.29, 0.717) is 44.8 Å². The fraction of sp³-hybridized carbons (Fsp3) is 0.333. The number of carbonyl (C=O) groups is 1. The minimum absolute atomic E-state index is 0.0176. The number of nitrogens with zero attached hydrogens (tertiary/aromatic N) is 3. The van der Waals surface area contributed by atoms with Crippen LogP contribution in [0.3, 0.4) is 0 Å². The number of sulfonamides is 1. The van der Waals surface area contributed by atoms with Gasteiger partial charge >= 0.3 is 0 Å². The van der Waals surface area contributed by atoms with Crippen molar-refractivity contribution in [1.82, 2.24) is 14.2 Å².